The van der Waals surface area contributed by atoms with Gasteiger partial charge in [0.1, 0.15) is 17.7 Å². The van der Waals surface area contributed by atoms with Crippen LogP contribution in [0.2, 0.25) is 5.02 Å². The molecule has 2 N–H and O–H groups in total. The topological polar surface area (TPSA) is 125 Å². The van der Waals surface area contributed by atoms with Gasteiger partial charge in [0, 0.05) is 13.0 Å². The number of likely N-dealkylation sites (tertiary alicyclic amines) is 1. The molecule has 1 aromatic carbocycles. The number of fused-ring (bicyclic) bond motifs is 1. The van der Waals surface area contributed by atoms with Crippen molar-refractivity contribution in [3.8, 4) is 0 Å². The number of amides is 3. The Hall–Kier alpha value is -3.21. The van der Waals surface area contributed by atoms with Crippen molar-refractivity contribution in [2.45, 2.75) is 82.8 Å². The number of halogens is 1. The molecule has 3 aliphatic rings. The van der Waals surface area contributed by atoms with Crippen LogP contribution in [-0.4, -0.2) is 83.3 Å². The molecule has 0 saturated carbocycles. The van der Waals surface area contributed by atoms with Gasteiger partial charge in [-0.1, -0.05) is 42.8 Å². The normalized spacial score (nSPS) is 26.9. The van der Waals surface area contributed by atoms with Gasteiger partial charge in [0.15, 0.2) is 0 Å². The van der Waals surface area contributed by atoms with E-state index in [9.17, 15) is 24.3 Å². The summed E-state index contributed by atoms with van der Waals surface area (Å²) in [7, 11) is 0. The first kappa shape index (κ1) is 32.7. The highest BCUT2D eigenvalue weighted by Crippen LogP contribution is 2.59. The summed E-state index contributed by atoms with van der Waals surface area (Å²) in [6.45, 7) is 12.7. The van der Waals surface area contributed by atoms with E-state index in [-0.39, 0.29) is 32.0 Å². The maximum atomic E-state index is 14.6. The second-order valence-corrected chi connectivity index (χ2v) is 12.0. The van der Waals surface area contributed by atoms with Crippen LogP contribution in [0, 0.1) is 18.8 Å². The SMILES string of the molecule is C=CCCC(=O)NC[C@H](C)OC(=O)[C@@H]1[C@@H]2CC[C@]3(O2)[C@H](C(=O)N(CC=C)c2c(C)cccc2Cl)N([C@@H](CC)CO)C(=O)[C@@H]13. The van der Waals surface area contributed by atoms with Gasteiger partial charge in [-0.3, -0.25) is 19.2 Å². The molecule has 1 aromatic rings. The molecular weight excluding hydrogens is 574 g/mol. The van der Waals surface area contributed by atoms with Gasteiger partial charge in [-0.05, 0) is 51.2 Å². The number of para-hydroxylation sites is 1. The Morgan fingerprint density at radius 2 is 2.07 bits per heavy atom. The molecule has 3 saturated heterocycles. The third kappa shape index (κ3) is 5.97. The van der Waals surface area contributed by atoms with Crippen molar-refractivity contribution in [3.63, 3.8) is 0 Å². The highest BCUT2D eigenvalue weighted by atomic mass is 35.5. The minimum absolute atomic E-state index is 0.118. The van der Waals surface area contributed by atoms with Crippen LogP contribution in [0.4, 0.5) is 5.69 Å². The number of hydrogen-bond acceptors (Lipinski definition) is 7. The molecule has 0 radical (unpaired) electrons. The number of anilines is 1. The standard InChI is InChI=1S/C32H42ClN3O7/c1-6-9-13-24(38)34-17-20(5)42-31(41)25-23-14-15-32(43-23)26(25)29(39)36(21(8-3)18-37)28(32)30(40)35(16-7-2)27-19(4)11-10-12-22(27)33/h6-7,10-12,20-21,23,25-26,28,37H,1-2,8-9,13-18H2,3-5H3,(H,34,38)/t20-,21-,23-,25+,26+,28-,32+/m0/s1. The Morgan fingerprint density at radius 3 is 2.70 bits per heavy atom. The first-order valence-corrected chi connectivity index (χ1v) is 15.3. The lowest BCUT2D eigenvalue weighted by molar-refractivity contribution is -0.159. The molecule has 3 heterocycles. The number of esters is 1. The number of carbonyl (C=O) groups excluding carboxylic acids is 4. The van der Waals surface area contributed by atoms with E-state index >= 15 is 0 Å². The van der Waals surface area contributed by atoms with Crippen molar-refractivity contribution in [1.29, 1.82) is 0 Å². The van der Waals surface area contributed by atoms with E-state index in [2.05, 4.69) is 18.5 Å². The van der Waals surface area contributed by atoms with Gasteiger partial charge < -0.3 is 29.7 Å². The molecule has 43 heavy (non-hydrogen) atoms. The molecule has 0 aliphatic carbocycles. The van der Waals surface area contributed by atoms with E-state index < -0.39 is 59.5 Å². The van der Waals surface area contributed by atoms with Crippen molar-refractivity contribution in [3.05, 3.63) is 54.1 Å². The molecule has 10 nitrogen and oxygen atoms in total. The molecule has 7 atom stereocenters. The minimum atomic E-state index is -1.28. The summed E-state index contributed by atoms with van der Waals surface area (Å²) >= 11 is 6.59. The van der Waals surface area contributed by atoms with Gasteiger partial charge >= 0.3 is 5.97 Å². The summed E-state index contributed by atoms with van der Waals surface area (Å²) in [5, 5.41) is 13.4. The Morgan fingerprint density at radius 1 is 1.33 bits per heavy atom. The van der Waals surface area contributed by atoms with Crippen molar-refractivity contribution in [2.24, 2.45) is 11.8 Å². The fourth-order valence-corrected chi connectivity index (χ4v) is 7.20. The van der Waals surface area contributed by atoms with Crippen LogP contribution in [0.15, 0.2) is 43.5 Å². The predicted octanol–water partition coefficient (Wildman–Crippen LogP) is 3.33. The van der Waals surface area contributed by atoms with Crippen molar-refractivity contribution in [2.75, 3.05) is 24.6 Å². The Labute approximate surface area is 258 Å². The maximum absolute atomic E-state index is 14.6. The van der Waals surface area contributed by atoms with Crippen LogP contribution < -0.4 is 10.2 Å². The number of hydrogen-bond donors (Lipinski definition) is 2. The van der Waals surface area contributed by atoms with Crippen LogP contribution in [0.1, 0.15) is 51.5 Å². The van der Waals surface area contributed by atoms with Gasteiger partial charge in [0.25, 0.3) is 5.91 Å². The van der Waals surface area contributed by atoms with E-state index in [1.807, 2.05) is 19.9 Å². The second-order valence-electron chi connectivity index (χ2n) is 11.6. The van der Waals surface area contributed by atoms with E-state index in [1.54, 1.807) is 31.2 Å². The fraction of sp³-hybridized carbons (Fsp3) is 0.562. The summed E-state index contributed by atoms with van der Waals surface area (Å²) < 4.78 is 12.2. The summed E-state index contributed by atoms with van der Waals surface area (Å²) in [6.07, 6.45) is 4.07. The molecule has 4 rings (SSSR count). The Kier molecular flexibility index (Phi) is 10.4. The van der Waals surface area contributed by atoms with Crippen LogP contribution in [0.5, 0.6) is 0 Å². The Balaban J connectivity index is 1.66. The molecule has 0 aromatic heterocycles. The average molecular weight is 616 g/mol. The van der Waals surface area contributed by atoms with Gasteiger partial charge in [-0.2, -0.15) is 0 Å². The largest absolute Gasteiger partial charge is 0.460 e. The third-order valence-corrected chi connectivity index (χ3v) is 9.14. The van der Waals surface area contributed by atoms with Crippen LogP contribution >= 0.6 is 11.6 Å². The van der Waals surface area contributed by atoms with Crippen molar-refractivity contribution < 1.29 is 33.8 Å². The number of aryl methyl sites for hydroxylation is 1. The number of nitrogens with one attached hydrogen (secondary N) is 1. The lowest BCUT2D eigenvalue weighted by atomic mass is 9.70. The predicted molar refractivity (Wildman–Crippen MR) is 162 cm³/mol. The van der Waals surface area contributed by atoms with Crippen molar-refractivity contribution >= 4 is 41.0 Å². The van der Waals surface area contributed by atoms with Crippen molar-refractivity contribution in [1.82, 2.24) is 10.2 Å². The van der Waals surface area contributed by atoms with Gasteiger partial charge in [-0.15, -0.1) is 13.2 Å². The van der Waals surface area contributed by atoms with Gasteiger partial charge in [0.2, 0.25) is 11.8 Å². The monoisotopic (exact) mass is 615 g/mol. The number of aliphatic hydroxyl groups excluding tert-OH is 1. The lowest BCUT2D eigenvalue weighted by Gasteiger charge is -2.39. The molecule has 3 aliphatic heterocycles. The molecular formula is C32H42ClN3O7. The van der Waals surface area contributed by atoms with Gasteiger partial charge in [0.05, 0.1) is 47.8 Å². The molecule has 234 valence electrons. The third-order valence-electron chi connectivity index (χ3n) is 8.84. The molecule has 0 unspecified atom stereocenters. The summed E-state index contributed by atoms with van der Waals surface area (Å²) in [5.74, 6) is -3.49. The lowest BCUT2D eigenvalue weighted by Crippen LogP contribution is -2.59. The molecule has 3 fully saturated rings. The van der Waals surface area contributed by atoms with Crippen LogP contribution in [-0.2, 0) is 28.7 Å². The number of allylic oxidation sites excluding steroid dienone is 1. The summed E-state index contributed by atoms with van der Waals surface area (Å²) in [5.41, 5.74) is -0.00159. The van der Waals surface area contributed by atoms with E-state index in [4.69, 9.17) is 21.1 Å². The molecule has 11 heteroatoms. The zero-order valence-corrected chi connectivity index (χ0v) is 25.8. The minimum Gasteiger partial charge on any atom is -0.460 e. The van der Waals surface area contributed by atoms with E-state index in [0.29, 0.717) is 36.4 Å². The number of benzene rings is 1. The molecule has 1 spiro atoms. The fourth-order valence-electron chi connectivity index (χ4n) is 6.88. The zero-order valence-electron chi connectivity index (χ0n) is 25.1. The summed E-state index contributed by atoms with van der Waals surface area (Å²) in [4.78, 5) is 57.5. The first-order chi connectivity index (χ1) is 20.6. The number of nitrogens with zero attached hydrogens (tertiary/aromatic N) is 2. The highest BCUT2D eigenvalue weighted by molar-refractivity contribution is 6.34. The number of rotatable bonds is 14. The van der Waals surface area contributed by atoms with E-state index in [0.717, 1.165) is 5.56 Å². The van der Waals surface area contributed by atoms with Crippen LogP contribution in [0.3, 0.4) is 0 Å². The van der Waals surface area contributed by atoms with E-state index in [1.165, 1.54) is 9.80 Å². The molecule has 3 amide bonds. The number of aliphatic hydroxyl groups is 1. The summed E-state index contributed by atoms with van der Waals surface area (Å²) in [6, 6.07) is 3.58. The average Bonchev–Trinajstić information content (AvgIpc) is 3.62. The molecule has 2 bridgehead atoms. The quantitative estimate of drug-likeness (QED) is 0.243. The smallest absolute Gasteiger partial charge is 0.312 e. The Bertz CT molecular complexity index is 1250. The zero-order chi connectivity index (χ0) is 31.5. The maximum Gasteiger partial charge on any atom is 0.312 e. The first-order valence-electron chi connectivity index (χ1n) is 14.9. The second kappa shape index (κ2) is 13.6. The van der Waals surface area contributed by atoms with Crippen LogP contribution in [0.25, 0.3) is 0 Å². The van der Waals surface area contributed by atoms with Gasteiger partial charge in [-0.25, -0.2) is 0 Å². The highest BCUT2D eigenvalue weighted by Gasteiger charge is 2.75. The number of carbonyl (C=O) groups is 4. The number of ether oxygens (including phenoxy) is 2.